The number of aliphatic hydroxyl groups is 1. The molecule has 0 radical (unpaired) electrons. The Morgan fingerprint density at radius 3 is 3.05 bits per heavy atom. The lowest BCUT2D eigenvalue weighted by Crippen LogP contribution is -2.59. The van der Waals surface area contributed by atoms with Crippen molar-refractivity contribution in [3.63, 3.8) is 0 Å². The Balaban J connectivity index is 2.25. The number of β-amino-alcohol motifs (C(OH)–C–C–N with tert-alkyl or cyclic N) is 1. The van der Waals surface area contributed by atoms with Crippen LogP contribution < -0.4 is 5.32 Å². The van der Waals surface area contributed by atoms with Gasteiger partial charge in [-0.1, -0.05) is 6.08 Å². The van der Waals surface area contributed by atoms with Crippen LogP contribution in [0.25, 0.3) is 0 Å². The van der Waals surface area contributed by atoms with Gasteiger partial charge in [-0.2, -0.15) is 0 Å². The first kappa shape index (κ1) is 14.9. The predicted molar refractivity (Wildman–Crippen MR) is 79.2 cm³/mol. The molecule has 6 nitrogen and oxygen atoms in total. The molecule has 0 aromatic rings. The van der Waals surface area contributed by atoms with Crippen molar-refractivity contribution < 1.29 is 14.6 Å². The molecule has 1 fully saturated rings. The summed E-state index contributed by atoms with van der Waals surface area (Å²) in [6.45, 7) is 2.28. The molecule has 1 amide bonds. The SMILES string of the molecule is COC1=NC(C)=CC[C@@H]1[C@H]1CC(=O)NC(=S)N1CCO. The van der Waals surface area contributed by atoms with E-state index in [-0.39, 0.29) is 24.5 Å². The standard InChI is InChI=1S/C13H19N3O3S/c1-8-3-4-9(12(14-8)19-2)10-7-11(18)15-13(20)16(10)5-6-17/h3,9-10,17H,4-7H2,1-2H3,(H,15,18,20)/t9-,10-/m1/s1. The van der Waals surface area contributed by atoms with Gasteiger partial charge in [0.2, 0.25) is 5.91 Å². The highest BCUT2D eigenvalue weighted by Crippen LogP contribution is 2.27. The Kier molecular flexibility index (Phi) is 4.72. The molecule has 110 valence electrons. The van der Waals surface area contributed by atoms with E-state index in [1.807, 2.05) is 17.9 Å². The lowest BCUT2D eigenvalue weighted by atomic mass is 9.89. The first-order chi connectivity index (χ1) is 9.56. The highest BCUT2D eigenvalue weighted by atomic mass is 32.1. The lowest BCUT2D eigenvalue weighted by molar-refractivity contribution is -0.122. The highest BCUT2D eigenvalue weighted by Gasteiger charge is 2.38. The average molecular weight is 297 g/mol. The Hall–Kier alpha value is -1.47. The van der Waals surface area contributed by atoms with E-state index in [0.29, 0.717) is 24.0 Å². The van der Waals surface area contributed by atoms with Crippen LogP contribution in [-0.4, -0.2) is 53.2 Å². The molecule has 0 saturated carbocycles. The summed E-state index contributed by atoms with van der Waals surface area (Å²) in [6, 6.07) is -0.133. The van der Waals surface area contributed by atoms with Crippen LogP contribution in [0.3, 0.4) is 0 Å². The third-order valence-corrected chi connectivity index (χ3v) is 3.92. The molecule has 0 unspecified atom stereocenters. The van der Waals surface area contributed by atoms with Gasteiger partial charge in [0.25, 0.3) is 0 Å². The number of amides is 1. The van der Waals surface area contributed by atoms with Gasteiger partial charge in [0.1, 0.15) is 0 Å². The summed E-state index contributed by atoms with van der Waals surface area (Å²) in [6.07, 6.45) is 3.10. The minimum Gasteiger partial charge on any atom is -0.484 e. The minimum atomic E-state index is -0.133. The van der Waals surface area contributed by atoms with Gasteiger partial charge in [-0.25, -0.2) is 4.99 Å². The van der Waals surface area contributed by atoms with Crippen molar-refractivity contribution in [2.24, 2.45) is 10.9 Å². The van der Waals surface area contributed by atoms with Crippen molar-refractivity contribution in [3.05, 3.63) is 11.8 Å². The number of rotatable bonds is 3. The van der Waals surface area contributed by atoms with E-state index < -0.39 is 0 Å². The van der Waals surface area contributed by atoms with Crippen LogP contribution in [0.1, 0.15) is 19.8 Å². The second kappa shape index (κ2) is 6.32. The number of carbonyl (C=O) groups excluding carboxylic acids is 1. The van der Waals surface area contributed by atoms with Crippen LogP contribution in [0.4, 0.5) is 0 Å². The number of allylic oxidation sites excluding steroid dienone is 2. The first-order valence-electron chi connectivity index (χ1n) is 6.57. The van der Waals surface area contributed by atoms with E-state index in [1.54, 1.807) is 7.11 Å². The Morgan fingerprint density at radius 2 is 2.40 bits per heavy atom. The predicted octanol–water partition coefficient (Wildman–Crippen LogP) is 0.423. The monoisotopic (exact) mass is 297 g/mol. The summed E-state index contributed by atoms with van der Waals surface area (Å²) in [5.41, 5.74) is 0.912. The second-order valence-corrected chi connectivity index (χ2v) is 5.27. The van der Waals surface area contributed by atoms with Gasteiger partial charge in [0.15, 0.2) is 11.0 Å². The molecule has 20 heavy (non-hydrogen) atoms. The van der Waals surface area contributed by atoms with Crippen LogP contribution in [0.2, 0.25) is 0 Å². The molecular weight excluding hydrogens is 278 g/mol. The van der Waals surface area contributed by atoms with Crippen molar-refractivity contribution >= 4 is 29.1 Å². The highest BCUT2D eigenvalue weighted by molar-refractivity contribution is 7.80. The topological polar surface area (TPSA) is 74.2 Å². The van der Waals surface area contributed by atoms with Crippen LogP contribution in [-0.2, 0) is 9.53 Å². The fourth-order valence-corrected chi connectivity index (χ4v) is 2.99. The van der Waals surface area contributed by atoms with Crippen LogP contribution >= 0.6 is 12.2 Å². The molecule has 7 heteroatoms. The summed E-state index contributed by atoms with van der Waals surface area (Å²) in [5.74, 6) is 0.491. The van der Waals surface area contributed by atoms with E-state index in [0.717, 1.165) is 12.1 Å². The summed E-state index contributed by atoms with van der Waals surface area (Å²) in [4.78, 5) is 18.0. The van der Waals surface area contributed by atoms with Crippen molar-refractivity contribution in [1.29, 1.82) is 0 Å². The summed E-state index contributed by atoms with van der Waals surface area (Å²) in [7, 11) is 1.59. The van der Waals surface area contributed by atoms with Crippen molar-refractivity contribution in [1.82, 2.24) is 10.2 Å². The third kappa shape index (κ3) is 2.99. The number of nitrogens with one attached hydrogen (secondary N) is 1. The maximum atomic E-state index is 11.8. The van der Waals surface area contributed by atoms with Crippen molar-refractivity contribution in [2.45, 2.75) is 25.8 Å². The average Bonchev–Trinajstić information content (AvgIpc) is 2.41. The number of hydrogen-bond acceptors (Lipinski definition) is 5. The fraction of sp³-hybridized carbons (Fsp3) is 0.615. The molecule has 0 aliphatic carbocycles. The Bertz CT molecular complexity index is 475. The smallest absolute Gasteiger partial charge is 0.228 e. The van der Waals surface area contributed by atoms with E-state index in [1.165, 1.54) is 0 Å². The molecule has 2 atom stereocenters. The number of methoxy groups -OCH3 is 1. The van der Waals surface area contributed by atoms with E-state index >= 15 is 0 Å². The van der Waals surface area contributed by atoms with Gasteiger partial charge in [-0.3, -0.25) is 4.79 Å². The van der Waals surface area contributed by atoms with Crippen molar-refractivity contribution in [2.75, 3.05) is 20.3 Å². The van der Waals surface area contributed by atoms with Gasteiger partial charge in [0, 0.05) is 18.7 Å². The molecule has 2 aliphatic heterocycles. The fourth-order valence-electron chi connectivity index (χ4n) is 2.65. The normalized spacial score (nSPS) is 26.9. The van der Waals surface area contributed by atoms with Crippen LogP contribution in [0.5, 0.6) is 0 Å². The zero-order valence-electron chi connectivity index (χ0n) is 11.6. The van der Waals surface area contributed by atoms with Crippen LogP contribution in [0.15, 0.2) is 16.8 Å². The van der Waals surface area contributed by atoms with Gasteiger partial charge in [0.05, 0.1) is 25.7 Å². The largest absolute Gasteiger partial charge is 0.484 e. The maximum absolute atomic E-state index is 11.8. The van der Waals surface area contributed by atoms with Crippen LogP contribution in [0, 0.1) is 5.92 Å². The molecule has 0 bridgehead atoms. The summed E-state index contributed by atoms with van der Waals surface area (Å²) >= 11 is 5.20. The number of thiocarbonyl (C=S) groups is 1. The number of aliphatic hydroxyl groups excluding tert-OH is 1. The quantitative estimate of drug-likeness (QED) is 0.739. The first-order valence-corrected chi connectivity index (χ1v) is 6.98. The zero-order valence-corrected chi connectivity index (χ0v) is 12.4. The van der Waals surface area contributed by atoms with Gasteiger partial charge < -0.3 is 20.1 Å². The summed E-state index contributed by atoms with van der Waals surface area (Å²) in [5, 5.41) is 12.2. The Labute approximate surface area is 123 Å². The molecule has 2 aliphatic rings. The molecule has 2 N–H and O–H groups in total. The minimum absolute atomic E-state index is 0.0203. The third-order valence-electron chi connectivity index (χ3n) is 3.59. The van der Waals surface area contributed by atoms with Crippen molar-refractivity contribution in [3.8, 4) is 0 Å². The number of nitrogens with zero attached hydrogens (tertiary/aromatic N) is 2. The van der Waals surface area contributed by atoms with Gasteiger partial charge >= 0.3 is 0 Å². The van der Waals surface area contributed by atoms with Gasteiger partial charge in [-0.05, 0) is 25.6 Å². The molecule has 0 aromatic carbocycles. The second-order valence-electron chi connectivity index (χ2n) is 4.88. The zero-order chi connectivity index (χ0) is 14.7. The molecule has 2 heterocycles. The summed E-state index contributed by atoms with van der Waals surface area (Å²) < 4.78 is 5.37. The van der Waals surface area contributed by atoms with E-state index in [4.69, 9.17) is 17.0 Å². The number of hydrogen-bond donors (Lipinski definition) is 2. The number of carbonyl (C=O) groups is 1. The van der Waals surface area contributed by atoms with Gasteiger partial charge in [-0.15, -0.1) is 0 Å². The van der Waals surface area contributed by atoms with E-state index in [9.17, 15) is 9.90 Å². The molecule has 1 saturated heterocycles. The molecule has 2 rings (SSSR count). The lowest BCUT2D eigenvalue weighted by Gasteiger charge is -2.41. The number of aliphatic imine (C=N–C) groups is 1. The molecular formula is C13H19N3O3S. The molecule has 0 aromatic heterocycles. The van der Waals surface area contributed by atoms with E-state index in [2.05, 4.69) is 10.3 Å². The number of ether oxygens (including phenoxy) is 1. The Morgan fingerprint density at radius 1 is 1.65 bits per heavy atom. The maximum Gasteiger partial charge on any atom is 0.228 e. The molecule has 0 spiro atoms.